The van der Waals surface area contributed by atoms with Crippen LogP contribution in [0.2, 0.25) is 0 Å². The van der Waals surface area contributed by atoms with Crippen molar-refractivity contribution in [1.82, 2.24) is 0 Å². The minimum Gasteiger partial charge on any atom is -0.496 e. The summed E-state index contributed by atoms with van der Waals surface area (Å²) in [5.41, 5.74) is 6.59. The molecule has 0 unspecified atom stereocenters. The molecule has 4 nitrogen and oxygen atoms in total. The fourth-order valence-corrected chi connectivity index (χ4v) is 5.36. The Morgan fingerprint density at radius 1 is 0.868 bits per heavy atom. The van der Waals surface area contributed by atoms with E-state index >= 15 is 0 Å². The first-order valence-electron chi connectivity index (χ1n) is 13.7. The second-order valence-electron chi connectivity index (χ2n) is 10.2. The lowest BCUT2D eigenvalue weighted by Gasteiger charge is -2.34. The van der Waals surface area contributed by atoms with E-state index in [0.29, 0.717) is 12.8 Å². The van der Waals surface area contributed by atoms with Gasteiger partial charge in [-0.3, -0.25) is 4.79 Å². The summed E-state index contributed by atoms with van der Waals surface area (Å²) < 4.78 is 5.58. The van der Waals surface area contributed by atoms with Crippen LogP contribution in [0.15, 0.2) is 66.7 Å². The quantitative estimate of drug-likeness (QED) is 0.257. The van der Waals surface area contributed by atoms with Gasteiger partial charge in [0.2, 0.25) is 0 Å². The van der Waals surface area contributed by atoms with Crippen molar-refractivity contribution in [1.29, 1.82) is 0 Å². The summed E-state index contributed by atoms with van der Waals surface area (Å²) in [7, 11) is 1.63. The number of methoxy groups -OCH3 is 1. The number of hydrogen-bond donors (Lipinski definition) is 2. The Bertz CT molecular complexity index is 1260. The van der Waals surface area contributed by atoms with Crippen molar-refractivity contribution in [3.63, 3.8) is 0 Å². The molecule has 38 heavy (non-hydrogen) atoms. The van der Waals surface area contributed by atoms with Crippen LogP contribution in [-0.2, 0) is 16.6 Å². The van der Waals surface area contributed by atoms with E-state index in [2.05, 4.69) is 63.2 Å². The lowest BCUT2D eigenvalue weighted by Crippen LogP contribution is -2.26. The smallest absolute Gasteiger partial charge is 0.307 e. The standard InChI is InChI=1S/C34H42O4/c1-7-33(37,8-2)20-19-26-12-17-29(21-24(26)5)34(9-3,10-4)28-15-13-27(14-16-28)30-22-25(23-32(35)36)11-18-31(30)38-6/h11-22,37H,7-10,23H2,1-6H3,(H,35,36). The Morgan fingerprint density at radius 3 is 2.03 bits per heavy atom. The minimum atomic E-state index is -0.852. The number of carbonyl (C=O) groups is 1. The van der Waals surface area contributed by atoms with Crippen LogP contribution in [0.25, 0.3) is 17.2 Å². The van der Waals surface area contributed by atoms with Gasteiger partial charge in [-0.05, 0) is 78.1 Å². The lowest BCUT2D eigenvalue weighted by atomic mass is 9.70. The van der Waals surface area contributed by atoms with Crippen LogP contribution in [0.5, 0.6) is 5.75 Å². The van der Waals surface area contributed by atoms with Gasteiger partial charge in [0.1, 0.15) is 5.75 Å². The fraction of sp³-hybridized carbons (Fsp3) is 0.382. The first kappa shape index (κ1) is 29.2. The molecule has 0 radical (unpaired) electrons. The fourth-order valence-electron chi connectivity index (χ4n) is 5.36. The number of benzene rings is 3. The summed E-state index contributed by atoms with van der Waals surface area (Å²) >= 11 is 0. The molecule has 0 bridgehead atoms. The highest BCUT2D eigenvalue weighted by atomic mass is 16.5. The average Bonchev–Trinajstić information content (AvgIpc) is 2.93. The zero-order chi connectivity index (χ0) is 27.9. The highest BCUT2D eigenvalue weighted by molar-refractivity contribution is 5.75. The molecule has 3 rings (SSSR count). The second-order valence-corrected chi connectivity index (χ2v) is 10.2. The number of hydrogen-bond acceptors (Lipinski definition) is 3. The van der Waals surface area contributed by atoms with Crippen LogP contribution >= 0.6 is 0 Å². The molecule has 0 heterocycles. The Hall–Kier alpha value is -3.37. The molecule has 0 aliphatic heterocycles. The number of ether oxygens (including phenoxy) is 1. The van der Waals surface area contributed by atoms with Gasteiger partial charge >= 0.3 is 5.97 Å². The summed E-state index contributed by atoms with van der Waals surface area (Å²) in [4.78, 5) is 11.2. The van der Waals surface area contributed by atoms with E-state index in [-0.39, 0.29) is 11.8 Å². The van der Waals surface area contributed by atoms with Crippen LogP contribution in [0.4, 0.5) is 0 Å². The van der Waals surface area contributed by atoms with Crippen molar-refractivity contribution < 1.29 is 19.7 Å². The number of carboxylic acids is 1. The molecular formula is C34H42O4. The Labute approximate surface area is 228 Å². The highest BCUT2D eigenvalue weighted by Crippen LogP contribution is 2.41. The minimum absolute atomic E-state index is 0.0232. The van der Waals surface area contributed by atoms with Crippen molar-refractivity contribution in [2.24, 2.45) is 0 Å². The number of carboxylic acid groups (broad SMARTS) is 1. The van der Waals surface area contributed by atoms with E-state index in [1.165, 1.54) is 16.7 Å². The van der Waals surface area contributed by atoms with Gasteiger partial charge in [-0.15, -0.1) is 0 Å². The highest BCUT2D eigenvalue weighted by Gasteiger charge is 2.31. The van der Waals surface area contributed by atoms with Gasteiger partial charge in [0.15, 0.2) is 0 Å². The van der Waals surface area contributed by atoms with Gasteiger partial charge < -0.3 is 14.9 Å². The molecule has 2 N–H and O–H groups in total. The number of aliphatic carboxylic acids is 1. The van der Waals surface area contributed by atoms with Crippen LogP contribution in [0, 0.1) is 6.92 Å². The predicted octanol–water partition coefficient (Wildman–Crippen LogP) is 7.97. The molecule has 0 saturated carbocycles. The van der Waals surface area contributed by atoms with Crippen LogP contribution in [-0.4, -0.2) is 28.9 Å². The molecular weight excluding hydrogens is 472 g/mol. The molecule has 0 aromatic heterocycles. The molecule has 3 aromatic carbocycles. The monoisotopic (exact) mass is 514 g/mol. The van der Waals surface area contributed by atoms with Crippen molar-refractivity contribution >= 4 is 12.0 Å². The van der Waals surface area contributed by atoms with Gasteiger partial charge in [0.25, 0.3) is 0 Å². The lowest BCUT2D eigenvalue weighted by molar-refractivity contribution is -0.136. The van der Waals surface area contributed by atoms with E-state index in [1.807, 2.05) is 38.1 Å². The predicted molar refractivity (Wildman–Crippen MR) is 157 cm³/mol. The Balaban J connectivity index is 1.99. The van der Waals surface area contributed by atoms with Crippen molar-refractivity contribution in [2.75, 3.05) is 7.11 Å². The molecule has 4 heteroatoms. The molecule has 0 aliphatic carbocycles. The number of aryl methyl sites for hydroxylation is 1. The maximum absolute atomic E-state index is 11.2. The molecule has 0 aliphatic rings. The zero-order valence-electron chi connectivity index (χ0n) is 23.7. The molecule has 0 saturated heterocycles. The maximum Gasteiger partial charge on any atom is 0.307 e. The topological polar surface area (TPSA) is 66.8 Å². The summed E-state index contributed by atoms with van der Waals surface area (Å²) in [5, 5.41) is 19.9. The first-order chi connectivity index (χ1) is 18.1. The SMILES string of the molecule is CCC(O)(C=Cc1ccc(C(CC)(CC)c2ccc(-c3cc(CC(=O)O)ccc3OC)cc2)cc1C)CC. The summed E-state index contributed by atoms with van der Waals surface area (Å²) in [6.07, 6.45) is 7.26. The first-order valence-corrected chi connectivity index (χ1v) is 13.7. The van der Waals surface area contributed by atoms with E-state index in [0.717, 1.165) is 40.8 Å². The van der Waals surface area contributed by atoms with Gasteiger partial charge in [0, 0.05) is 11.0 Å². The Kier molecular flexibility index (Phi) is 9.56. The summed E-state index contributed by atoms with van der Waals surface area (Å²) in [6, 6.07) is 20.8. The van der Waals surface area contributed by atoms with Gasteiger partial charge in [-0.2, -0.15) is 0 Å². The normalized spacial score (nSPS) is 12.2. The average molecular weight is 515 g/mol. The van der Waals surface area contributed by atoms with E-state index in [1.54, 1.807) is 13.2 Å². The number of rotatable bonds is 12. The van der Waals surface area contributed by atoms with E-state index in [9.17, 15) is 15.0 Å². The van der Waals surface area contributed by atoms with Crippen molar-refractivity contribution in [3.05, 3.63) is 94.6 Å². The second kappa shape index (κ2) is 12.4. The van der Waals surface area contributed by atoms with Gasteiger partial charge in [0.05, 0.1) is 19.1 Å². The largest absolute Gasteiger partial charge is 0.496 e. The van der Waals surface area contributed by atoms with E-state index in [4.69, 9.17) is 4.74 Å². The molecule has 0 atom stereocenters. The van der Waals surface area contributed by atoms with Crippen LogP contribution < -0.4 is 4.74 Å². The molecule has 0 fully saturated rings. The third-order valence-corrected chi connectivity index (χ3v) is 8.19. The van der Waals surface area contributed by atoms with Crippen LogP contribution in [0.1, 0.15) is 81.2 Å². The van der Waals surface area contributed by atoms with Crippen molar-refractivity contribution in [3.8, 4) is 16.9 Å². The maximum atomic E-state index is 11.2. The summed E-state index contributed by atoms with van der Waals surface area (Å²) in [5.74, 6) is -0.128. The third kappa shape index (κ3) is 6.19. The van der Waals surface area contributed by atoms with Crippen LogP contribution in [0.3, 0.4) is 0 Å². The van der Waals surface area contributed by atoms with E-state index < -0.39 is 11.6 Å². The molecule has 0 amide bonds. The van der Waals surface area contributed by atoms with Gasteiger partial charge in [-0.1, -0.05) is 88.4 Å². The zero-order valence-corrected chi connectivity index (χ0v) is 23.7. The Morgan fingerprint density at radius 2 is 1.50 bits per heavy atom. The molecule has 3 aromatic rings. The molecule has 202 valence electrons. The molecule has 0 spiro atoms. The third-order valence-electron chi connectivity index (χ3n) is 8.19. The van der Waals surface area contributed by atoms with Crippen molar-refractivity contribution in [2.45, 2.75) is 77.7 Å². The summed E-state index contributed by atoms with van der Waals surface area (Å²) in [6.45, 7) is 10.6. The number of aliphatic hydroxyl groups is 1. The van der Waals surface area contributed by atoms with Gasteiger partial charge in [-0.25, -0.2) is 0 Å².